The van der Waals surface area contributed by atoms with E-state index in [1.807, 2.05) is 30.6 Å². The molecule has 2 unspecified atom stereocenters. The molecule has 40 heavy (non-hydrogen) atoms. The first-order valence-corrected chi connectivity index (χ1v) is 15.5. The van der Waals surface area contributed by atoms with Crippen LogP contribution in [0.5, 0.6) is 0 Å². The molecule has 2 aliphatic carbocycles. The lowest BCUT2D eigenvalue weighted by molar-refractivity contribution is -0.147. The van der Waals surface area contributed by atoms with Gasteiger partial charge in [-0.05, 0) is 95.2 Å². The molecule has 1 aromatic carbocycles. The maximum absolute atomic E-state index is 14.0. The highest BCUT2D eigenvalue weighted by Crippen LogP contribution is 2.46. The molecular weight excluding hydrogens is 507 g/mol. The van der Waals surface area contributed by atoms with Gasteiger partial charge in [0.2, 0.25) is 11.8 Å². The number of rotatable bonds is 6. The van der Waals surface area contributed by atoms with Crippen molar-refractivity contribution in [1.29, 1.82) is 0 Å². The number of urea groups is 1. The second kappa shape index (κ2) is 11.7. The van der Waals surface area contributed by atoms with Gasteiger partial charge >= 0.3 is 6.03 Å². The van der Waals surface area contributed by atoms with Crippen LogP contribution in [0.15, 0.2) is 24.3 Å². The number of carbonyl (C=O) groups is 3. The summed E-state index contributed by atoms with van der Waals surface area (Å²) in [5.74, 6) is 0.583. The number of carbonyl (C=O) groups excluding carboxylic acids is 3. The molecule has 220 valence electrons. The van der Waals surface area contributed by atoms with Crippen molar-refractivity contribution in [3.05, 3.63) is 35.6 Å². The van der Waals surface area contributed by atoms with Crippen LogP contribution in [0.25, 0.3) is 0 Å². The molecule has 0 radical (unpaired) electrons. The molecule has 0 aromatic heterocycles. The molecule has 2 heterocycles. The molecule has 5 rings (SSSR count). The second-order valence-corrected chi connectivity index (χ2v) is 13.8. The van der Waals surface area contributed by atoms with Gasteiger partial charge in [0.25, 0.3) is 0 Å². The maximum atomic E-state index is 14.0. The van der Waals surface area contributed by atoms with E-state index in [4.69, 9.17) is 0 Å². The van der Waals surface area contributed by atoms with E-state index in [9.17, 15) is 18.8 Å². The molecule has 2 N–H and O–H groups in total. The van der Waals surface area contributed by atoms with Gasteiger partial charge < -0.3 is 20.4 Å². The number of amides is 4. The van der Waals surface area contributed by atoms with Crippen molar-refractivity contribution in [3.8, 4) is 0 Å². The smallest absolute Gasteiger partial charge is 0.318 e. The van der Waals surface area contributed by atoms with Gasteiger partial charge in [-0.25, -0.2) is 9.18 Å². The summed E-state index contributed by atoms with van der Waals surface area (Å²) in [5.41, 5.74) is 0.0290. The molecule has 2 aliphatic heterocycles. The monoisotopic (exact) mass is 554 g/mol. The van der Waals surface area contributed by atoms with Crippen LogP contribution in [0.3, 0.4) is 0 Å². The first kappa shape index (κ1) is 28.9. The standard InChI is InChI=1S/C32H47FN4O3/c1-31(2,3)35-29(39)32(24-7-5-4-6-8-24)15-17-36(18-16-32)28(38)27(20-22-9-12-25(33)13-10-22)34-30(40)37-21-23-11-14-26(37)19-23/h9-10,12-13,23-24,26-27H,4-8,11,14-21H2,1-3H3,(H,34,40)(H,35,39)/t23?,26?,27-/m1/s1. The highest BCUT2D eigenvalue weighted by atomic mass is 19.1. The lowest BCUT2D eigenvalue weighted by atomic mass is 9.63. The van der Waals surface area contributed by atoms with E-state index in [1.54, 1.807) is 12.1 Å². The molecule has 2 bridgehead atoms. The van der Waals surface area contributed by atoms with E-state index in [0.29, 0.717) is 44.2 Å². The molecule has 2 saturated heterocycles. The van der Waals surface area contributed by atoms with E-state index in [1.165, 1.54) is 25.0 Å². The van der Waals surface area contributed by atoms with Gasteiger partial charge in [-0.1, -0.05) is 31.4 Å². The molecular formula is C32H47FN4O3. The van der Waals surface area contributed by atoms with Crippen LogP contribution in [0, 0.1) is 23.1 Å². The number of hydrogen-bond donors (Lipinski definition) is 2. The number of likely N-dealkylation sites (tertiary alicyclic amines) is 2. The summed E-state index contributed by atoms with van der Waals surface area (Å²) >= 11 is 0. The Hall–Kier alpha value is -2.64. The predicted octanol–water partition coefficient (Wildman–Crippen LogP) is 5.03. The zero-order valence-corrected chi connectivity index (χ0v) is 24.5. The van der Waals surface area contributed by atoms with Gasteiger partial charge in [0.15, 0.2) is 0 Å². The quantitative estimate of drug-likeness (QED) is 0.517. The van der Waals surface area contributed by atoms with Crippen LogP contribution < -0.4 is 10.6 Å². The Kier molecular flexibility index (Phi) is 8.44. The van der Waals surface area contributed by atoms with Gasteiger partial charge in [-0.2, -0.15) is 0 Å². The summed E-state index contributed by atoms with van der Waals surface area (Å²) in [6.45, 7) is 7.81. The number of halogens is 1. The lowest BCUT2D eigenvalue weighted by Gasteiger charge is -2.48. The first-order chi connectivity index (χ1) is 19.0. The molecule has 8 heteroatoms. The Morgan fingerprint density at radius 3 is 2.25 bits per heavy atom. The molecule has 4 aliphatic rings. The molecule has 2 saturated carbocycles. The van der Waals surface area contributed by atoms with Gasteiger partial charge in [-0.3, -0.25) is 9.59 Å². The highest BCUT2D eigenvalue weighted by molar-refractivity contribution is 5.88. The van der Waals surface area contributed by atoms with Crippen LogP contribution in [0.4, 0.5) is 9.18 Å². The third-order valence-corrected chi connectivity index (χ3v) is 9.91. The topological polar surface area (TPSA) is 81.8 Å². The minimum absolute atomic E-state index is 0.115. The number of benzene rings is 1. The molecule has 4 fully saturated rings. The van der Waals surface area contributed by atoms with Crippen molar-refractivity contribution in [3.63, 3.8) is 0 Å². The zero-order chi connectivity index (χ0) is 28.5. The third kappa shape index (κ3) is 6.31. The number of nitrogens with one attached hydrogen (secondary N) is 2. The Labute approximate surface area is 238 Å². The summed E-state index contributed by atoms with van der Waals surface area (Å²) in [4.78, 5) is 44.8. The van der Waals surface area contributed by atoms with Crippen LogP contribution in [0.2, 0.25) is 0 Å². The van der Waals surface area contributed by atoms with Crippen molar-refractivity contribution < 1.29 is 18.8 Å². The Morgan fingerprint density at radius 1 is 1.00 bits per heavy atom. The zero-order valence-electron chi connectivity index (χ0n) is 24.5. The van der Waals surface area contributed by atoms with Gasteiger partial charge in [0, 0.05) is 37.6 Å². The summed E-state index contributed by atoms with van der Waals surface area (Å²) < 4.78 is 13.6. The number of fused-ring (bicyclic) bond motifs is 2. The highest BCUT2D eigenvalue weighted by Gasteiger charge is 2.49. The van der Waals surface area contributed by atoms with E-state index >= 15 is 0 Å². The van der Waals surface area contributed by atoms with Crippen LogP contribution in [-0.2, 0) is 16.0 Å². The van der Waals surface area contributed by atoms with Crippen LogP contribution in [0.1, 0.15) is 90.5 Å². The van der Waals surface area contributed by atoms with E-state index in [-0.39, 0.29) is 35.2 Å². The van der Waals surface area contributed by atoms with E-state index in [0.717, 1.165) is 50.6 Å². The summed E-state index contributed by atoms with van der Waals surface area (Å²) in [5, 5.41) is 6.33. The van der Waals surface area contributed by atoms with E-state index in [2.05, 4.69) is 10.6 Å². The fraction of sp³-hybridized carbons (Fsp3) is 0.719. The number of hydrogen-bond acceptors (Lipinski definition) is 3. The molecule has 3 atom stereocenters. The summed E-state index contributed by atoms with van der Waals surface area (Å²) in [6, 6.07) is 5.51. The van der Waals surface area contributed by atoms with Gasteiger partial charge in [-0.15, -0.1) is 0 Å². The fourth-order valence-corrected chi connectivity index (χ4v) is 7.75. The minimum Gasteiger partial charge on any atom is -0.351 e. The minimum atomic E-state index is -0.734. The van der Waals surface area contributed by atoms with E-state index < -0.39 is 11.5 Å². The average molecular weight is 555 g/mol. The Morgan fingerprint density at radius 2 is 1.68 bits per heavy atom. The van der Waals surface area contributed by atoms with Crippen molar-refractivity contribution >= 4 is 17.8 Å². The van der Waals surface area contributed by atoms with Crippen molar-refractivity contribution in [1.82, 2.24) is 20.4 Å². The van der Waals surface area contributed by atoms with Gasteiger partial charge in [0.1, 0.15) is 11.9 Å². The number of nitrogens with zero attached hydrogens (tertiary/aromatic N) is 2. The third-order valence-electron chi connectivity index (χ3n) is 9.91. The van der Waals surface area contributed by atoms with Crippen molar-refractivity contribution in [2.45, 2.75) is 109 Å². The Bertz CT molecular complexity index is 1070. The first-order valence-electron chi connectivity index (χ1n) is 15.5. The predicted molar refractivity (Wildman–Crippen MR) is 153 cm³/mol. The SMILES string of the molecule is CC(C)(C)NC(=O)C1(C2CCCCC2)CCN(C(=O)[C@@H](Cc2ccc(F)cc2)NC(=O)N2CC3CCC2C3)CC1. The molecule has 4 amide bonds. The number of piperidine rings is 2. The van der Waals surface area contributed by atoms with Crippen LogP contribution >= 0.6 is 0 Å². The summed E-state index contributed by atoms with van der Waals surface area (Å²) in [6.07, 6.45) is 10.5. The second-order valence-electron chi connectivity index (χ2n) is 13.8. The lowest BCUT2D eigenvalue weighted by Crippen LogP contribution is -2.59. The molecule has 7 nitrogen and oxygen atoms in total. The normalized spacial score (nSPS) is 25.5. The van der Waals surface area contributed by atoms with Crippen molar-refractivity contribution in [2.75, 3.05) is 19.6 Å². The fourth-order valence-electron chi connectivity index (χ4n) is 7.75. The average Bonchev–Trinajstić information content (AvgIpc) is 3.57. The van der Waals surface area contributed by atoms with Crippen molar-refractivity contribution in [2.24, 2.45) is 17.3 Å². The Balaban J connectivity index is 1.31. The summed E-state index contributed by atoms with van der Waals surface area (Å²) in [7, 11) is 0. The van der Waals surface area contributed by atoms with Gasteiger partial charge in [0.05, 0.1) is 5.41 Å². The largest absolute Gasteiger partial charge is 0.351 e. The maximum Gasteiger partial charge on any atom is 0.318 e. The van der Waals surface area contributed by atoms with Crippen LogP contribution in [-0.4, -0.2) is 64.9 Å². The molecule has 0 spiro atoms. The molecule has 1 aromatic rings.